The zero-order chi connectivity index (χ0) is 29.8. The van der Waals surface area contributed by atoms with Crippen LogP contribution in [0.15, 0.2) is 45.8 Å². The molecule has 0 bridgehead atoms. The molecule has 1 aromatic rings. The lowest BCUT2D eigenvalue weighted by Gasteiger charge is -2.42. The molecule has 1 aliphatic rings. The Morgan fingerprint density at radius 1 is 1.18 bits per heavy atom. The van der Waals surface area contributed by atoms with Gasteiger partial charge in [0.2, 0.25) is 17.8 Å². The predicted molar refractivity (Wildman–Crippen MR) is 127 cm³/mol. The zero-order valence-electron chi connectivity index (χ0n) is 20.5. The van der Waals surface area contributed by atoms with Gasteiger partial charge in [0.15, 0.2) is 5.54 Å². The summed E-state index contributed by atoms with van der Waals surface area (Å²) < 4.78 is 113. The first-order valence-electron chi connectivity index (χ1n) is 11.1. The molecule has 1 aliphatic carbocycles. The van der Waals surface area contributed by atoms with Crippen LogP contribution >= 0.6 is 11.6 Å². The van der Waals surface area contributed by atoms with Gasteiger partial charge in [0, 0.05) is 31.6 Å². The van der Waals surface area contributed by atoms with Gasteiger partial charge in [-0.15, -0.1) is 13.2 Å². The Kier molecular flexibility index (Phi) is 10.1. The Bertz CT molecular complexity index is 1130. The summed E-state index contributed by atoms with van der Waals surface area (Å²) in [7, 11) is 0.849. The SMILES string of the molecule is C=N/C(F)=C(\C(F)=N/C)[C@@](C)(C(=O)NC1CCC(F)(F)CC1)N(C(=O)[C@H](F)Cl)c1ccc(OC(F)(F)F)cc1. The molecule has 0 unspecified atom stereocenters. The smallest absolute Gasteiger partial charge is 0.406 e. The van der Waals surface area contributed by atoms with Crippen molar-refractivity contribution in [3.05, 3.63) is 35.8 Å². The average molecular weight is 591 g/mol. The molecule has 0 radical (unpaired) electrons. The third-order valence-corrected chi connectivity index (χ3v) is 6.10. The molecule has 216 valence electrons. The monoisotopic (exact) mass is 590 g/mol. The first-order chi connectivity index (χ1) is 18.0. The zero-order valence-corrected chi connectivity index (χ0v) is 21.2. The second-order valence-corrected chi connectivity index (χ2v) is 8.91. The molecule has 0 saturated heterocycles. The molecule has 39 heavy (non-hydrogen) atoms. The standard InChI is InChI=1S/C23H23ClF8N4O3/c1-21(15(17(26)33-2)18(27)34-3,20(38)35-12-8-10-22(28,29)11-9-12)36(19(37)16(24)25)13-4-6-14(7-5-13)39-23(30,31)32/h4-7,12,16H,2,8-11H2,1,3H3,(H,35,38)/b17-15+,34-18+/t16-,21-/m0/s1. The lowest BCUT2D eigenvalue weighted by molar-refractivity contribution is -0.274. The minimum atomic E-state index is -5.10. The maximum absolute atomic E-state index is 15.0. The van der Waals surface area contributed by atoms with Crippen molar-refractivity contribution in [3.63, 3.8) is 0 Å². The number of ether oxygens (including phenoxy) is 1. The van der Waals surface area contributed by atoms with Crippen LogP contribution in [0, 0.1) is 0 Å². The molecule has 16 heteroatoms. The molecule has 1 fully saturated rings. The summed E-state index contributed by atoms with van der Waals surface area (Å²) in [6, 6.07) is 1.95. The van der Waals surface area contributed by atoms with Crippen molar-refractivity contribution in [2.75, 3.05) is 11.9 Å². The summed E-state index contributed by atoms with van der Waals surface area (Å²) >= 11 is 5.34. The van der Waals surface area contributed by atoms with Crippen LogP contribution in [0.2, 0.25) is 0 Å². The minimum Gasteiger partial charge on any atom is -0.406 e. The molecule has 1 aromatic carbocycles. The first kappa shape index (κ1) is 32.0. The molecule has 2 rings (SSSR count). The van der Waals surface area contributed by atoms with E-state index in [2.05, 4.69) is 26.8 Å². The van der Waals surface area contributed by atoms with Crippen molar-refractivity contribution < 1.29 is 49.4 Å². The fourth-order valence-corrected chi connectivity index (χ4v) is 4.11. The van der Waals surface area contributed by atoms with Gasteiger partial charge in [0.1, 0.15) is 5.75 Å². The van der Waals surface area contributed by atoms with E-state index in [-0.39, 0.29) is 17.7 Å². The fourth-order valence-electron chi connectivity index (χ4n) is 4.02. The first-order valence-corrected chi connectivity index (χ1v) is 11.6. The number of benzene rings is 1. The van der Waals surface area contributed by atoms with Crippen LogP contribution in [0.5, 0.6) is 5.75 Å². The van der Waals surface area contributed by atoms with Crippen molar-refractivity contribution >= 4 is 41.8 Å². The number of anilines is 1. The van der Waals surface area contributed by atoms with E-state index in [9.17, 15) is 35.9 Å². The van der Waals surface area contributed by atoms with Crippen LogP contribution in [-0.4, -0.2) is 61.0 Å². The van der Waals surface area contributed by atoms with Gasteiger partial charge in [-0.1, -0.05) is 11.6 Å². The Morgan fingerprint density at radius 3 is 2.15 bits per heavy atom. The van der Waals surface area contributed by atoms with Crippen molar-refractivity contribution in [1.82, 2.24) is 5.32 Å². The summed E-state index contributed by atoms with van der Waals surface area (Å²) in [6.07, 6.45) is -6.85. The average Bonchev–Trinajstić information content (AvgIpc) is 2.85. The highest BCUT2D eigenvalue weighted by molar-refractivity contribution is 6.32. The van der Waals surface area contributed by atoms with E-state index >= 15 is 8.78 Å². The highest BCUT2D eigenvalue weighted by Gasteiger charge is 2.52. The van der Waals surface area contributed by atoms with Gasteiger partial charge in [0.05, 0.1) is 5.57 Å². The highest BCUT2D eigenvalue weighted by atomic mass is 35.5. The number of rotatable bonds is 9. The third kappa shape index (κ3) is 7.67. The van der Waals surface area contributed by atoms with Crippen molar-refractivity contribution in [2.24, 2.45) is 9.98 Å². The summed E-state index contributed by atoms with van der Waals surface area (Å²) in [5, 5.41) is 2.33. The van der Waals surface area contributed by atoms with E-state index in [1.54, 1.807) is 0 Å². The van der Waals surface area contributed by atoms with Gasteiger partial charge in [0.25, 0.3) is 17.4 Å². The summed E-state index contributed by atoms with van der Waals surface area (Å²) in [5.74, 6) is -10.4. The van der Waals surface area contributed by atoms with Crippen LogP contribution in [0.4, 0.5) is 40.8 Å². The van der Waals surface area contributed by atoms with Gasteiger partial charge in [-0.25, -0.2) is 18.2 Å². The lowest BCUT2D eigenvalue weighted by Crippen LogP contribution is -2.64. The summed E-state index contributed by atoms with van der Waals surface area (Å²) in [5.41, 5.74) is -7.71. The summed E-state index contributed by atoms with van der Waals surface area (Å²) in [6.45, 7) is 3.68. The van der Waals surface area contributed by atoms with Gasteiger partial charge in [-0.3, -0.25) is 19.5 Å². The number of carbonyl (C=O) groups excluding carboxylic acids is 2. The van der Waals surface area contributed by atoms with Crippen LogP contribution < -0.4 is 15.0 Å². The number of hydrogen-bond donors (Lipinski definition) is 1. The van der Waals surface area contributed by atoms with Gasteiger partial charge < -0.3 is 10.1 Å². The Hall–Kier alpha value is -3.23. The van der Waals surface area contributed by atoms with Crippen LogP contribution in [0.3, 0.4) is 0 Å². The van der Waals surface area contributed by atoms with E-state index in [0.717, 1.165) is 26.1 Å². The molecule has 1 N–H and O–H groups in total. The highest BCUT2D eigenvalue weighted by Crippen LogP contribution is 2.38. The maximum Gasteiger partial charge on any atom is 0.573 e. The molecule has 0 spiro atoms. The molecule has 0 aromatic heterocycles. The van der Waals surface area contributed by atoms with Crippen molar-refractivity contribution in [2.45, 2.75) is 62.1 Å². The quantitative estimate of drug-likeness (QED) is 0.171. The van der Waals surface area contributed by atoms with E-state index < -0.39 is 83.1 Å². The van der Waals surface area contributed by atoms with Gasteiger partial charge in [-0.2, -0.15) is 8.78 Å². The number of aliphatic imine (C=N–C) groups is 2. The second kappa shape index (κ2) is 12.3. The number of carbonyl (C=O) groups is 2. The number of nitrogens with zero attached hydrogens (tertiary/aromatic N) is 3. The van der Waals surface area contributed by atoms with Crippen LogP contribution in [0.25, 0.3) is 0 Å². The second-order valence-electron chi connectivity index (χ2n) is 8.53. The van der Waals surface area contributed by atoms with Gasteiger partial charge >= 0.3 is 6.36 Å². The molecule has 2 atom stereocenters. The minimum absolute atomic E-state index is 0.194. The van der Waals surface area contributed by atoms with Crippen LogP contribution in [-0.2, 0) is 9.59 Å². The molecule has 2 amide bonds. The van der Waals surface area contributed by atoms with Crippen molar-refractivity contribution in [1.29, 1.82) is 0 Å². The molecular weight excluding hydrogens is 568 g/mol. The summed E-state index contributed by atoms with van der Waals surface area (Å²) in [4.78, 5) is 33.0. The topological polar surface area (TPSA) is 83.4 Å². The normalized spacial score (nSPS) is 19.3. The third-order valence-electron chi connectivity index (χ3n) is 5.91. The van der Waals surface area contributed by atoms with Crippen molar-refractivity contribution in [3.8, 4) is 5.75 Å². The number of hydrogen-bond acceptors (Lipinski definition) is 5. The number of nitrogens with one attached hydrogen (secondary N) is 1. The predicted octanol–water partition coefficient (Wildman–Crippen LogP) is 5.78. The van der Waals surface area contributed by atoms with Gasteiger partial charge in [-0.05, 0) is 50.7 Å². The Balaban J connectivity index is 2.75. The molecule has 0 heterocycles. The number of amides is 2. The molecule has 0 aliphatic heterocycles. The molecule has 1 saturated carbocycles. The van der Waals surface area contributed by atoms with E-state index in [0.29, 0.717) is 12.1 Å². The Morgan fingerprint density at radius 2 is 1.72 bits per heavy atom. The lowest BCUT2D eigenvalue weighted by atomic mass is 9.85. The number of halogens is 9. The number of alkyl halides is 7. The Labute approximate surface area is 222 Å². The van der Waals surface area contributed by atoms with Crippen LogP contribution in [0.1, 0.15) is 32.6 Å². The van der Waals surface area contributed by atoms with E-state index in [1.807, 2.05) is 0 Å². The maximum atomic E-state index is 15.0. The molecule has 7 nitrogen and oxygen atoms in total. The van der Waals surface area contributed by atoms with E-state index in [4.69, 9.17) is 11.6 Å². The largest absolute Gasteiger partial charge is 0.573 e. The fraction of sp³-hybridized carbons (Fsp3) is 0.478. The molecular formula is C23H23ClF8N4O3. The van der Waals surface area contributed by atoms with E-state index in [1.165, 1.54) is 0 Å².